The summed E-state index contributed by atoms with van der Waals surface area (Å²) in [6, 6.07) is 37.6. The molecule has 0 aliphatic heterocycles. The monoisotopic (exact) mass is 645 g/mol. The van der Waals surface area contributed by atoms with Gasteiger partial charge >= 0.3 is 0 Å². The number of fused-ring (bicyclic) bond motifs is 1. The highest BCUT2D eigenvalue weighted by molar-refractivity contribution is 9.10. The molecule has 0 saturated heterocycles. The van der Waals surface area contributed by atoms with Gasteiger partial charge in [0.25, 0.3) is 0 Å². The van der Waals surface area contributed by atoms with Crippen LogP contribution in [0.4, 0.5) is 0 Å². The van der Waals surface area contributed by atoms with Crippen LogP contribution >= 0.6 is 15.9 Å². The van der Waals surface area contributed by atoms with Crippen LogP contribution < -0.4 is 0 Å². The summed E-state index contributed by atoms with van der Waals surface area (Å²) in [5, 5.41) is 20.3. The smallest absolute Gasteiger partial charge is 0.165 e. The Hall–Kier alpha value is -4.65. The number of benzene rings is 4. The number of hydrogen-bond acceptors (Lipinski definition) is 5. The van der Waals surface area contributed by atoms with Gasteiger partial charge in [-0.25, -0.2) is 15.0 Å². The van der Waals surface area contributed by atoms with Crippen LogP contribution in [0.1, 0.15) is 54.4 Å². The van der Waals surface area contributed by atoms with Crippen LogP contribution in [-0.4, -0.2) is 15.0 Å². The predicted octanol–water partition coefficient (Wildman–Crippen LogP) is 8.78. The van der Waals surface area contributed by atoms with E-state index >= 15 is 0 Å². The molecule has 0 amide bonds. The predicted molar refractivity (Wildman–Crippen MR) is 176 cm³/mol. The van der Waals surface area contributed by atoms with Gasteiger partial charge in [-0.05, 0) is 106 Å². The number of nitrogens with zero attached hydrogens (tertiary/aromatic N) is 5. The van der Waals surface area contributed by atoms with Crippen molar-refractivity contribution in [1.29, 1.82) is 10.5 Å². The van der Waals surface area contributed by atoms with Crippen LogP contribution in [0.5, 0.6) is 0 Å². The van der Waals surface area contributed by atoms with Crippen molar-refractivity contribution in [2.24, 2.45) is 17.3 Å². The normalized spacial score (nSPS) is 28.3. The van der Waals surface area contributed by atoms with Gasteiger partial charge in [0, 0.05) is 26.6 Å². The van der Waals surface area contributed by atoms with E-state index in [0.29, 0.717) is 39.9 Å². The molecule has 6 heteroatoms. The maximum atomic E-state index is 10.5. The fraction of sp³-hybridized carbons (Fsp3) is 0.256. The zero-order chi connectivity index (χ0) is 30.4. The van der Waals surface area contributed by atoms with Crippen LogP contribution in [0.25, 0.3) is 34.2 Å². The molecular formula is C39H28BrN5. The Morgan fingerprint density at radius 2 is 1.24 bits per heavy atom. The number of aromatic nitrogens is 3. The molecule has 1 heterocycles. The Kier molecular flexibility index (Phi) is 5.60. The first-order valence-corrected chi connectivity index (χ1v) is 16.4. The van der Waals surface area contributed by atoms with Gasteiger partial charge in [0.1, 0.15) is 6.07 Å². The van der Waals surface area contributed by atoms with Gasteiger partial charge in [-0.3, -0.25) is 0 Å². The van der Waals surface area contributed by atoms with E-state index in [-0.39, 0.29) is 10.8 Å². The second-order valence-electron chi connectivity index (χ2n) is 13.5. The summed E-state index contributed by atoms with van der Waals surface area (Å²) in [7, 11) is 0. The lowest BCUT2D eigenvalue weighted by molar-refractivity contribution is -0.199. The summed E-state index contributed by atoms with van der Waals surface area (Å²) in [5.41, 5.74) is 6.89. The van der Waals surface area contributed by atoms with Crippen molar-refractivity contribution in [2.75, 3.05) is 0 Å². The van der Waals surface area contributed by atoms with E-state index in [1.54, 1.807) is 0 Å². The van der Waals surface area contributed by atoms with Gasteiger partial charge in [-0.15, -0.1) is 0 Å². The van der Waals surface area contributed by atoms with Gasteiger partial charge in [0.15, 0.2) is 17.5 Å². The molecule has 5 atom stereocenters. The van der Waals surface area contributed by atoms with Crippen molar-refractivity contribution < 1.29 is 0 Å². The molecule has 0 N–H and O–H groups in total. The lowest BCUT2D eigenvalue weighted by Crippen LogP contribution is -2.69. The molecule has 5 aromatic rings. The Labute approximate surface area is 270 Å². The average molecular weight is 647 g/mol. The molecule has 45 heavy (non-hydrogen) atoms. The highest BCUT2D eigenvalue weighted by Crippen LogP contribution is 2.89. The van der Waals surface area contributed by atoms with Crippen LogP contribution in [0.3, 0.4) is 0 Å². The molecule has 4 aromatic carbocycles. The minimum absolute atomic E-state index is 0.0618. The molecule has 5 nitrogen and oxygen atoms in total. The highest BCUT2D eigenvalue weighted by atomic mass is 79.9. The van der Waals surface area contributed by atoms with Gasteiger partial charge in [0.05, 0.1) is 17.2 Å². The van der Waals surface area contributed by atoms with E-state index in [1.165, 1.54) is 36.8 Å². The zero-order valence-electron chi connectivity index (χ0n) is 24.5. The maximum absolute atomic E-state index is 10.5. The minimum Gasteiger partial charge on any atom is -0.208 e. The Morgan fingerprint density at radius 1 is 0.644 bits per heavy atom. The van der Waals surface area contributed by atoms with E-state index < -0.39 is 0 Å². The Bertz CT molecular complexity index is 2060. The number of rotatable bonds is 5. The second kappa shape index (κ2) is 9.43. The fourth-order valence-corrected chi connectivity index (χ4v) is 10.4. The standard InChI is InChI=1S/C39H28BrN5/c40-33-14-12-28(16-27(33)21-42)37-18-30-17-31-19-38(22-37,39(30,31)23-37)29-11-13-32(26(15-29)20-41)36-44-34(24-7-3-1-4-8-24)43-35(45-36)25-9-5-2-6-10-25/h1-16,30-31H,17-19,22-23H2. The Balaban J connectivity index is 1.15. The zero-order valence-corrected chi connectivity index (χ0v) is 26.1. The van der Waals surface area contributed by atoms with Gasteiger partial charge in [-0.1, -0.05) is 72.8 Å². The van der Waals surface area contributed by atoms with Crippen LogP contribution in [0.2, 0.25) is 0 Å². The van der Waals surface area contributed by atoms with E-state index in [0.717, 1.165) is 33.5 Å². The average Bonchev–Trinajstić information content (AvgIpc) is 3.56. The first kappa shape index (κ1) is 26.7. The summed E-state index contributed by atoms with van der Waals surface area (Å²) >= 11 is 3.56. The molecule has 5 unspecified atom stereocenters. The van der Waals surface area contributed by atoms with Gasteiger partial charge in [0.2, 0.25) is 0 Å². The summed E-state index contributed by atoms with van der Waals surface area (Å²) in [5.74, 6) is 3.15. The first-order valence-electron chi connectivity index (χ1n) is 15.6. The topological polar surface area (TPSA) is 86.2 Å². The molecule has 2 bridgehead atoms. The van der Waals surface area contributed by atoms with E-state index in [1.807, 2.05) is 60.7 Å². The Morgan fingerprint density at radius 3 is 1.89 bits per heavy atom. The number of hydrogen-bond donors (Lipinski definition) is 0. The minimum atomic E-state index is 0.0618. The van der Waals surface area contributed by atoms with E-state index in [2.05, 4.69) is 64.5 Å². The summed E-state index contributed by atoms with van der Waals surface area (Å²) in [4.78, 5) is 14.6. The van der Waals surface area contributed by atoms with Crippen molar-refractivity contribution in [1.82, 2.24) is 15.0 Å². The molecule has 9 rings (SSSR count). The molecule has 4 saturated carbocycles. The molecule has 0 radical (unpaired) electrons. The largest absolute Gasteiger partial charge is 0.208 e. The van der Waals surface area contributed by atoms with Crippen molar-refractivity contribution in [3.8, 4) is 46.3 Å². The van der Waals surface area contributed by atoms with Gasteiger partial charge in [-0.2, -0.15) is 10.5 Å². The number of nitriles is 2. The lowest BCUT2D eigenvalue weighted by Gasteiger charge is -2.73. The third kappa shape index (κ3) is 3.55. The fourth-order valence-electron chi connectivity index (χ4n) is 10.0. The van der Waals surface area contributed by atoms with E-state index in [9.17, 15) is 10.5 Å². The second-order valence-corrected chi connectivity index (χ2v) is 14.4. The summed E-state index contributed by atoms with van der Waals surface area (Å²) < 4.78 is 0.858. The van der Waals surface area contributed by atoms with Crippen LogP contribution in [-0.2, 0) is 10.8 Å². The van der Waals surface area contributed by atoms with Crippen molar-refractivity contribution in [2.45, 2.75) is 42.9 Å². The molecule has 4 aliphatic carbocycles. The maximum Gasteiger partial charge on any atom is 0.165 e. The van der Waals surface area contributed by atoms with Crippen LogP contribution in [0.15, 0.2) is 102 Å². The molecule has 4 aliphatic rings. The molecule has 1 aromatic heterocycles. The molecule has 4 fully saturated rings. The van der Waals surface area contributed by atoms with Crippen molar-refractivity contribution in [3.63, 3.8) is 0 Å². The lowest BCUT2D eigenvalue weighted by atomic mass is 9.30. The number of halogens is 1. The quantitative estimate of drug-likeness (QED) is 0.191. The molecule has 1 spiro atoms. The SMILES string of the molecule is N#Cc1cc(C23CC4CC5CC(c6ccc(-c7nc(-c8ccccc8)nc(-c8ccccc8)n7)c(C#N)c6)(C2)C45C3)ccc1Br. The third-order valence-corrected chi connectivity index (χ3v) is 12.4. The first-order chi connectivity index (χ1) is 22.0. The third-order valence-electron chi connectivity index (χ3n) is 11.8. The highest BCUT2D eigenvalue weighted by Gasteiger charge is 2.84. The van der Waals surface area contributed by atoms with Crippen molar-refractivity contribution >= 4 is 15.9 Å². The molecule has 216 valence electrons. The van der Waals surface area contributed by atoms with Gasteiger partial charge < -0.3 is 0 Å². The summed E-state index contributed by atoms with van der Waals surface area (Å²) in [6.07, 6.45) is 5.95. The van der Waals surface area contributed by atoms with Crippen LogP contribution in [0, 0.1) is 39.9 Å². The summed E-state index contributed by atoms with van der Waals surface area (Å²) in [6.45, 7) is 0. The van der Waals surface area contributed by atoms with Crippen molar-refractivity contribution in [3.05, 3.63) is 124 Å². The molecular weight excluding hydrogens is 618 g/mol. The van der Waals surface area contributed by atoms with E-state index in [4.69, 9.17) is 15.0 Å².